The van der Waals surface area contributed by atoms with E-state index in [4.69, 9.17) is 17.3 Å². The number of hydrogen-bond acceptors (Lipinski definition) is 3. The van der Waals surface area contributed by atoms with E-state index in [9.17, 15) is 8.42 Å². The van der Waals surface area contributed by atoms with Crippen LogP contribution in [-0.4, -0.2) is 24.8 Å². The zero-order chi connectivity index (χ0) is 14.2. The quantitative estimate of drug-likeness (QED) is 0.873. The molecule has 0 saturated carbocycles. The Morgan fingerprint density at radius 1 is 1.42 bits per heavy atom. The normalized spacial score (nSPS) is 24.8. The molecule has 1 heterocycles. The van der Waals surface area contributed by atoms with Gasteiger partial charge < -0.3 is 5.73 Å². The highest BCUT2D eigenvalue weighted by Gasteiger charge is 2.39. The van der Waals surface area contributed by atoms with Gasteiger partial charge in [0.2, 0.25) is 10.0 Å². The van der Waals surface area contributed by atoms with Crippen molar-refractivity contribution >= 4 is 27.3 Å². The van der Waals surface area contributed by atoms with Crippen LogP contribution in [-0.2, 0) is 10.0 Å². The van der Waals surface area contributed by atoms with Crippen LogP contribution in [0.3, 0.4) is 0 Å². The van der Waals surface area contributed by atoms with Gasteiger partial charge in [0.1, 0.15) is 4.90 Å². The molecule has 1 aromatic rings. The van der Waals surface area contributed by atoms with Gasteiger partial charge in [-0.05, 0) is 44.4 Å². The smallest absolute Gasteiger partial charge is 0.245 e. The summed E-state index contributed by atoms with van der Waals surface area (Å²) >= 11 is 5.82. The van der Waals surface area contributed by atoms with Crippen molar-refractivity contribution in [3.63, 3.8) is 0 Å². The predicted octanol–water partition coefficient (Wildman–Crippen LogP) is 2.87. The SMILES string of the molecule is CCC1CCC(C)N1S(=O)(=O)c1ccc(Cl)cc1N. The topological polar surface area (TPSA) is 63.4 Å². The van der Waals surface area contributed by atoms with E-state index in [0.717, 1.165) is 19.3 Å². The Kier molecular flexibility index (Phi) is 4.08. The fourth-order valence-electron chi connectivity index (χ4n) is 2.73. The van der Waals surface area contributed by atoms with Crippen LogP contribution in [0.1, 0.15) is 33.1 Å². The molecule has 1 aromatic carbocycles. The second-order valence-corrected chi connectivity index (χ2v) is 7.25. The molecule has 2 rings (SSSR count). The van der Waals surface area contributed by atoms with E-state index >= 15 is 0 Å². The van der Waals surface area contributed by atoms with Crippen LogP contribution in [0, 0.1) is 0 Å². The van der Waals surface area contributed by atoms with Crippen molar-refractivity contribution in [3.8, 4) is 0 Å². The summed E-state index contributed by atoms with van der Waals surface area (Å²) in [5.74, 6) is 0. The van der Waals surface area contributed by atoms with Crippen molar-refractivity contribution in [2.45, 2.75) is 50.1 Å². The Morgan fingerprint density at radius 2 is 2.11 bits per heavy atom. The summed E-state index contributed by atoms with van der Waals surface area (Å²) < 4.78 is 27.1. The maximum atomic E-state index is 12.7. The number of anilines is 1. The number of benzene rings is 1. The highest BCUT2D eigenvalue weighted by Crippen LogP contribution is 2.34. The van der Waals surface area contributed by atoms with Crippen molar-refractivity contribution < 1.29 is 8.42 Å². The molecule has 1 saturated heterocycles. The van der Waals surface area contributed by atoms with Gasteiger partial charge in [-0.15, -0.1) is 0 Å². The molecule has 0 radical (unpaired) electrons. The third-order valence-corrected chi connectivity index (χ3v) is 6.09. The standard InChI is InChI=1S/C13H19ClN2O2S/c1-3-11-6-4-9(2)16(11)19(17,18)13-7-5-10(14)8-12(13)15/h5,7-9,11H,3-4,6,15H2,1-2H3. The zero-order valence-electron chi connectivity index (χ0n) is 11.1. The van der Waals surface area contributed by atoms with E-state index in [1.54, 1.807) is 10.4 Å². The van der Waals surface area contributed by atoms with Gasteiger partial charge in [-0.25, -0.2) is 8.42 Å². The van der Waals surface area contributed by atoms with E-state index in [1.807, 2.05) is 13.8 Å². The summed E-state index contributed by atoms with van der Waals surface area (Å²) in [4.78, 5) is 0.157. The first-order valence-corrected chi connectivity index (χ1v) is 8.28. The lowest BCUT2D eigenvalue weighted by molar-refractivity contribution is 0.329. The Morgan fingerprint density at radius 3 is 2.68 bits per heavy atom. The van der Waals surface area contributed by atoms with Gasteiger partial charge in [0.05, 0.1) is 5.69 Å². The molecule has 2 unspecified atom stereocenters. The predicted molar refractivity (Wildman–Crippen MR) is 77.7 cm³/mol. The Bertz CT molecular complexity index is 574. The molecule has 19 heavy (non-hydrogen) atoms. The summed E-state index contributed by atoms with van der Waals surface area (Å²) in [7, 11) is -3.55. The van der Waals surface area contributed by atoms with E-state index in [-0.39, 0.29) is 22.7 Å². The largest absolute Gasteiger partial charge is 0.398 e. The van der Waals surface area contributed by atoms with E-state index < -0.39 is 10.0 Å². The molecule has 2 N–H and O–H groups in total. The molecule has 0 amide bonds. The highest BCUT2D eigenvalue weighted by molar-refractivity contribution is 7.89. The van der Waals surface area contributed by atoms with Crippen molar-refractivity contribution in [1.82, 2.24) is 4.31 Å². The number of rotatable bonds is 3. The second-order valence-electron chi connectivity index (χ2n) is 5.01. The minimum absolute atomic E-state index is 0.0185. The molecule has 4 nitrogen and oxygen atoms in total. The van der Waals surface area contributed by atoms with Gasteiger partial charge in [-0.1, -0.05) is 18.5 Å². The number of nitrogens with zero attached hydrogens (tertiary/aromatic N) is 1. The van der Waals surface area contributed by atoms with E-state index in [1.165, 1.54) is 12.1 Å². The van der Waals surface area contributed by atoms with Gasteiger partial charge >= 0.3 is 0 Å². The van der Waals surface area contributed by atoms with Gasteiger partial charge in [-0.3, -0.25) is 0 Å². The second kappa shape index (κ2) is 5.31. The molecule has 0 bridgehead atoms. The molecule has 106 valence electrons. The van der Waals surface area contributed by atoms with Crippen LogP contribution in [0.4, 0.5) is 5.69 Å². The first-order valence-electron chi connectivity index (χ1n) is 6.46. The number of sulfonamides is 1. The fraction of sp³-hybridized carbons (Fsp3) is 0.538. The molecule has 0 aromatic heterocycles. The Hall–Kier alpha value is -0.780. The average Bonchev–Trinajstić information content (AvgIpc) is 2.70. The molecule has 1 aliphatic rings. The van der Waals surface area contributed by atoms with E-state index in [2.05, 4.69) is 0 Å². The van der Waals surface area contributed by atoms with Crippen molar-refractivity contribution in [3.05, 3.63) is 23.2 Å². The minimum Gasteiger partial charge on any atom is -0.398 e. The van der Waals surface area contributed by atoms with Gasteiger partial charge in [0.15, 0.2) is 0 Å². The summed E-state index contributed by atoms with van der Waals surface area (Å²) in [6.45, 7) is 3.95. The van der Waals surface area contributed by atoms with Gasteiger partial charge in [-0.2, -0.15) is 4.31 Å². The minimum atomic E-state index is -3.55. The summed E-state index contributed by atoms with van der Waals surface area (Å²) in [6, 6.07) is 4.62. The summed E-state index contributed by atoms with van der Waals surface area (Å²) in [6.07, 6.45) is 2.62. The third-order valence-electron chi connectivity index (χ3n) is 3.71. The maximum Gasteiger partial charge on any atom is 0.245 e. The fourth-order valence-corrected chi connectivity index (χ4v) is 4.96. The lowest BCUT2D eigenvalue weighted by atomic mass is 10.2. The van der Waals surface area contributed by atoms with Gasteiger partial charge in [0, 0.05) is 17.1 Å². The van der Waals surface area contributed by atoms with E-state index in [0.29, 0.717) is 5.02 Å². The lowest BCUT2D eigenvalue weighted by Gasteiger charge is -2.27. The zero-order valence-corrected chi connectivity index (χ0v) is 12.7. The van der Waals surface area contributed by atoms with Crippen LogP contribution in [0.5, 0.6) is 0 Å². The molecule has 1 fully saturated rings. The molecule has 0 aliphatic carbocycles. The lowest BCUT2D eigenvalue weighted by Crippen LogP contribution is -2.39. The van der Waals surface area contributed by atoms with Crippen molar-refractivity contribution in [1.29, 1.82) is 0 Å². The third kappa shape index (κ3) is 2.59. The van der Waals surface area contributed by atoms with Gasteiger partial charge in [0.25, 0.3) is 0 Å². The molecular formula is C13H19ClN2O2S. The monoisotopic (exact) mass is 302 g/mol. The molecule has 6 heteroatoms. The summed E-state index contributed by atoms with van der Waals surface area (Å²) in [5.41, 5.74) is 6.03. The average molecular weight is 303 g/mol. The Balaban J connectivity index is 2.47. The van der Waals surface area contributed by atoms with Crippen LogP contribution < -0.4 is 5.73 Å². The molecular weight excluding hydrogens is 284 g/mol. The molecule has 1 aliphatic heterocycles. The number of nitrogen functional groups attached to an aromatic ring is 1. The van der Waals surface area contributed by atoms with Crippen LogP contribution in [0.25, 0.3) is 0 Å². The Labute approximate surface area is 119 Å². The first-order chi connectivity index (χ1) is 8.87. The number of halogens is 1. The number of hydrogen-bond donors (Lipinski definition) is 1. The van der Waals surface area contributed by atoms with Crippen LogP contribution in [0.2, 0.25) is 5.02 Å². The van der Waals surface area contributed by atoms with Crippen LogP contribution in [0.15, 0.2) is 23.1 Å². The van der Waals surface area contributed by atoms with Crippen LogP contribution >= 0.6 is 11.6 Å². The maximum absolute atomic E-state index is 12.7. The first kappa shape index (κ1) is 14.6. The summed E-state index contributed by atoms with van der Waals surface area (Å²) in [5, 5.41) is 0.443. The van der Waals surface area contributed by atoms with Crippen molar-refractivity contribution in [2.24, 2.45) is 0 Å². The number of nitrogens with two attached hydrogens (primary N) is 1. The highest BCUT2D eigenvalue weighted by atomic mass is 35.5. The van der Waals surface area contributed by atoms with Crippen molar-refractivity contribution in [2.75, 3.05) is 5.73 Å². The molecule has 2 atom stereocenters. The molecule has 0 spiro atoms.